The van der Waals surface area contributed by atoms with Gasteiger partial charge in [-0.2, -0.15) is 0 Å². The molecule has 0 unspecified atom stereocenters. The van der Waals surface area contributed by atoms with Crippen molar-refractivity contribution in [2.45, 2.75) is 25.7 Å². The summed E-state index contributed by atoms with van der Waals surface area (Å²) in [6, 6.07) is 4.30. The van der Waals surface area contributed by atoms with Gasteiger partial charge in [-0.15, -0.1) is 11.3 Å². The molecule has 5 heteroatoms. The summed E-state index contributed by atoms with van der Waals surface area (Å²) in [6.45, 7) is 2.85. The van der Waals surface area contributed by atoms with Gasteiger partial charge in [0.25, 0.3) is 0 Å². The third-order valence-electron chi connectivity index (χ3n) is 4.26. The van der Waals surface area contributed by atoms with E-state index in [1.54, 1.807) is 7.11 Å². The van der Waals surface area contributed by atoms with E-state index in [0.717, 1.165) is 38.5 Å². The second kappa shape index (κ2) is 7.80. The van der Waals surface area contributed by atoms with Gasteiger partial charge in [-0.25, -0.2) is 0 Å². The van der Waals surface area contributed by atoms with Gasteiger partial charge in [-0.3, -0.25) is 4.99 Å². The number of likely N-dealkylation sites (N-methyl/N-ethyl adjacent to an activating group) is 1. The number of nitrogens with zero attached hydrogens (tertiary/aromatic N) is 2. The minimum atomic E-state index is 0.445. The molecule has 1 aromatic heterocycles. The van der Waals surface area contributed by atoms with Crippen LogP contribution < -0.4 is 5.32 Å². The zero-order valence-corrected chi connectivity index (χ0v) is 14.2. The maximum atomic E-state index is 5.21. The third kappa shape index (κ3) is 5.00. The maximum Gasteiger partial charge on any atom is 0.193 e. The lowest BCUT2D eigenvalue weighted by Gasteiger charge is -2.24. The summed E-state index contributed by atoms with van der Waals surface area (Å²) in [5, 5.41) is 5.67. The van der Waals surface area contributed by atoms with Gasteiger partial charge in [0.2, 0.25) is 0 Å². The molecule has 118 valence electrons. The highest BCUT2D eigenvalue weighted by Gasteiger charge is 2.42. The monoisotopic (exact) mass is 309 g/mol. The Morgan fingerprint density at radius 3 is 2.90 bits per heavy atom. The normalized spacial score (nSPS) is 16.8. The highest BCUT2D eigenvalue weighted by atomic mass is 32.1. The first kappa shape index (κ1) is 16.3. The predicted octanol–water partition coefficient (Wildman–Crippen LogP) is 2.61. The van der Waals surface area contributed by atoms with Crippen LogP contribution in [0.15, 0.2) is 22.5 Å². The summed E-state index contributed by atoms with van der Waals surface area (Å²) in [7, 11) is 5.75. The average Bonchev–Trinajstić information content (AvgIpc) is 3.07. The number of aliphatic imine (C=N–C) groups is 1. The molecule has 0 saturated heterocycles. The van der Waals surface area contributed by atoms with Crippen molar-refractivity contribution in [1.29, 1.82) is 0 Å². The molecule has 0 aromatic carbocycles. The van der Waals surface area contributed by atoms with Crippen molar-refractivity contribution in [3.63, 3.8) is 0 Å². The summed E-state index contributed by atoms with van der Waals surface area (Å²) in [5.74, 6) is 0.996. The Kier molecular flexibility index (Phi) is 6.06. The molecule has 1 aliphatic rings. The molecule has 1 heterocycles. The first-order valence-corrected chi connectivity index (χ1v) is 8.50. The summed E-state index contributed by atoms with van der Waals surface area (Å²) in [5.41, 5.74) is 0.445. The number of methoxy groups -OCH3 is 1. The van der Waals surface area contributed by atoms with Crippen LogP contribution in [0.3, 0.4) is 0 Å². The van der Waals surface area contributed by atoms with Gasteiger partial charge >= 0.3 is 0 Å². The second-order valence-electron chi connectivity index (χ2n) is 5.89. The Balaban J connectivity index is 1.74. The van der Waals surface area contributed by atoms with Crippen molar-refractivity contribution >= 4 is 17.3 Å². The highest BCUT2D eigenvalue weighted by Crippen LogP contribution is 2.48. The molecule has 0 amide bonds. The number of hydrogen-bond acceptors (Lipinski definition) is 3. The number of ether oxygens (including phenoxy) is 1. The Morgan fingerprint density at radius 2 is 2.33 bits per heavy atom. The van der Waals surface area contributed by atoms with Gasteiger partial charge in [0.1, 0.15) is 0 Å². The van der Waals surface area contributed by atoms with Crippen molar-refractivity contribution in [2.75, 3.05) is 40.9 Å². The lowest BCUT2D eigenvalue weighted by atomic mass is 10.0. The largest absolute Gasteiger partial charge is 0.385 e. The summed E-state index contributed by atoms with van der Waals surface area (Å²) in [6.07, 6.45) is 4.83. The van der Waals surface area contributed by atoms with Crippen LogP contribution >= 0.6 is 11.3 Å². The van der Waals surface area contributed by atoms with E-state index in [1.165, 1.54) is 17.7 Å². The second-order valence-corrected chi connectivity index (χ2v) is 6.93. The topological polar surface area (TPSA) is 36.9 Å². The van der Waals surface area contributed by atoms with E-state index in [-0.39, 0.29) is 0 Å². The van der Waals surface area contributed by atoms with Crippen LogP contribution in [0.5, 0.6) is 0 Å². The molecule has 1 saturated carbocycles. The van der Waals surface area contributed by atoms with Crippen molar-refractivity contribution in [1.82, 2.24) is 10.2 Å². The van der Waals surface area contributed by atoms with Crippen LogP contribution in [0.2, 0.25) is 0 Å². The summed E-state index contributed by atoms with van der Waals surface area (Å²) >= 11 is 1.82. The molecule has 4 nitrogen and oxygen atoms in total. The Morgan fingerprint density at radius 1 is 1.52 bits per heavy atom. The molecular formula is C16H27N3OS. The molecule has 1 aromatic rings. The lowest BCUT2D eigenvalue weighted by molar-refractivity contribution is 0.172. The number of guanidine groups is 1. The first-order valence-electron chi connectivity index (χ1n) is 7.62. The van der Waals surface area contributed by atoms with E-state index in [1.807, 2.05) is 18.4 Å². The molecule has 1 aliphatic carbocycles. The van der Waals surface area contributed by atoms with Crippen molar-refractivity contribution < 1.29 is 4.74 Å². The molecule has 1 fully saturated rings. The molecule has 0 aliphatic heterocycles. The van der Waals surface area contributed by atoms with Gasteiger partial charge in [0.15, 0.2) is 5.96 Å². The predicted molar refractivity (Wildman–Crippen MR) is 90.2 cm³/mol. The van der Waals surface area contributed by atoms with Gasteiger partial charge in [-0.05, 0) is 42.5 Å². The molecule has 0 radical (unpaired) electrons. The minimum absolute atomic E-state index is 0.445. The lowest BCUT2D eigenvalue weighted by Crippen LogP contribution is -2.42. The minimum Gasteiger partial charge on any atom is -0.385 e. The van der Waals surface area contributed by atoms with Crippen LogP contribution in [-0.4, -0.2) is 51.8 Å². The van der Waals surface area contributed by atoms with Crippen LogP contribution in [-0.2, 0) is 11.2 Å². The number of nitrogens with one attached hydrogen (secondary N) is 1. The quantitative estimate of drug-likeness (QED) is 0.592. The standard InChI is InChI=1S/C16H27N3OS/c1-17-15(18-13-16(7-8-16)9-11-20-3)19(2)10-6-14-5-4-12-21-14/h4-5,12H,6-11,13H2,1-3H3,(H,17,18). The fourth-order valence-corrected chi connectivity index (χ4v) is 3.20. The van der Waals surface area contributed by atoms with Crippen LogP contribution in [0, 0.1) is 5.41 Å². The molecule has 0 spiro atoms. The summed E-state index contributed by atoms with van der Waals surface area (Å²) < 4.78 is 5.21. The molecule has 2 rings (SSSR count). The van der Waals surface area contributed by atoms with Crippen LogP contribution in [0.25, 0.3) is 0 Å². The summed E-state index contributed by atoms with van der Waals surface area (Å²) in [4.78, 5) is 8.04. The number of thiophene rings is 1. The molecule has 21 heavy (non-hydrogen) atoms. The van der Waals surface area contributed by atoms with Crippen molar-refractivity contribution in [2.24, 2.45) is 10.4 Å². The fraction of sp³-hybridized carbons (Fsp3) is 0.688. The van der Waals surface area contributed by atoms with E-state index in [4.69, 9.17) is 4.74 Å². The Labute approximate surface area is 132 Å². The average molecular weight is 309 g/mol. The van der Waals surface area contributed by atoms with E-state index in [2.05, 4.69) is 39.8 Å². The van der Waals surface area contributed by atoms with Gasteiger partial charge in [0.05, 0.1) is 0 Å². The van der Waals surface area contributed by atoms with Gasteiger partial charge < -0.3 is 15.0 Å². The smallest absolute Gasteiger partial charge is 0.193 e. The maximum absolute atomic E-state index is 5.21. The van der Waals surface area contributed by atoms with E-state index < -0.39 is 0 Å². The number of hydrogen-bond donors (Lipinski definition) is 1. The highest BCUT2D eigenvalue weighted by molar-refractivity contribution is 7.09. The first-order chi connectivity index (χ1) is 10.2. The zero-order chi connectivity index (χ0) is 15.1. The van der Waals surface area contributed by atoms with E-state index in [9.17, 15) is 0 Å². The fourth-order valence-electron chi connectivity index (χ4n) is 2.50. The van der Waals surface area contributed by atoms with Crippen molar-refractivity contribution in [3.8, 4) is 0 Å². The molecular weight excluding hydrogens is 282 g/mol. The van der Waals surface area contributed by atoms with Crippen LogP contribution in [0.4, 0.5) is 0 Å². The van der Waals surface area contributed by atoms with Crippen molar-refractivity contribution in [3.05, 3.63) is 22.4 Å². The Hall–Kier alpha value is -1.07. The third-order valence-corrected chi connectivity index (χ3v) is 5.20. The van der Waals surface area contributed by atoms with Crippen LogP contribution in [0.1, 0.15) is 24.1 Å². The molecule has 1 N–H and O–H groups in total. The van der Waals surface area contributed by atoms with Gasteiger partial charge in [-0.1, -0.05) is 6.07 Å². The molecule has 0 atom stereocenters. The van der Waals surface area contributed by atoms with Gasteiger partial charge in [0, 0.05) is 45.8 Å². The molecule has 0 bridgehead atoms. The van der Waals surface area contributed by atoms with E-state index >= 15 is 0 Å². The Bertz CT molecular complexity index is 440. The SMILES string of the molecule is CN=C(NCC1(CCOC)CC1)N(C)CCc1cccs1. The zero-order valence-electron chi connectivity index (χ0n) is 13.4. The van der Waals surface area contributed by atoms with E-state index in [0.29, 0.717) is 5.41 Å². The number of rotatable bonds is 8.